The Morgan fingerprint density at radius 3 is 2.14 bits per heavy atom. The van der Waals surface area contributed by atoms with Gasteiger partial charge in [-0.15, -0.1) is 0 Å². The Labute approximate surface area is 162 Å². The molecule has 0 spiro atoms. The first-order chi connectivity index (χ1) is 13.3. The molecule has 0 saturated heterocycles. The molecule has 0 aliphatic heterocycles. The summed E-state index contributed by atoms with van der Waals surface area (Å²) < 4.78 is 100. The predicted molar refractivity (Wildman–Crippen MR) is 87.6 cm³/mol. The summed E-state index contributed by atoms with van der Waals surface area (Å²) in [6, 6.07) is 0. The summed E-state index contributed by atoms with van der Waals surface area (Å²) in [5, 5.41) is 0. The second kappa shape index (κ2) is 8.33. The molecule has 1 aromatic carbocycles. The van der Waals surface area contributed by atoms with Crippen molar-refractivity contribution in [3.05, 3.63) is 46.5 Å². The first kappa shape index (κ1) is 23.2. The lowest BCUT2D eigenvalue weighted by Gasteiger charge is -2.10. The second-order valence-corrected chi connectivity index (χ2v) is 7.35. The summed E-state index contributed by atoms with van der Waals surface area (Å²) in [6.45, 7) is 1.54. The Hall–Kier alpha value is -2.10. The lowest BCUT2D eigenvalue weighted by Crippen LogP contribution is -2.16. The molecule has 1 saturated carbocycles. The van der Waals surface area contributed by atoms with Crippen LogP contribution in [0.1, 0.15) is 25.0 Å². The van der Waals surface area contributed by atoms with E-state index < -0.39 is 77.0 Å². The molecular formula is C19H19F7O3. The molecule has 2 rings (SSSR count). The number of carbonyl (C=O) groups is 1. The van der Waals surface area contributed by atoms with Crippen LogP contribution in [0.4, 0.5) is 30.7 Å². The first-order valence-electron chi connectivity index (χ1n) is 8.58. The van der Waals surface area contributed by atoms with Crippen molar-refractivity contribution in [3.63, 3.8) is 0 Å². The average molecular weight is 428 g/mol. The van der Waals surface area contributed by atoms with Crippen LogP contribution in [0.15, 0.2) is 12.2 Å². The molecule has 2 atom stereocenters. The smallest absolute Gasteiger partial charge is 0.411 e. The molecule has 0 N–H and O–H groups in total. The van der Waals surface area contributed by atoms with E-state index in [2.05, 4.69) is 4.74 Å². The maximum atomic E-state index is 13.8. The van der Waals surface area contributed by atoms with E-state index in [4.69, 9.17) is 4.74 Å². The van der Waals surface area contributed by atoms with Gasteiger partial charge in [-0.25, -0.2) is 17.6 Å². The molecule has 3 nitrogen and oxygen atoms in total. The van der Waals surface area contributed by atoms with Crippen LogP contribution < -0.4 is 0 Å². The van der Waals surface area contributed by atoms with Gasteiger partial charge in [0.05, 0.1) is 18.1 Å². The van der Waals surface area contributed by atoms with Gasteiger partial charge in [0, 0.05) is 5.56 Å². The monoisotopic (exact) mass is 428 g/mol. The summed E-state index contributed by atoms with van der Waals surface area (Å²) in [6.07, 6.45) is -1.62. The number of esters is 1. The Morgan fingerprint density at radius 1 is 1.07 bits per heavy atom. The van der Waals surface area contributed by atoms with Crippen LogP contribution in [-0.4, -0.2) is 25.4 Å². The standard InChI is InChI=1S/C19H19F7O3/c1-9-13(20)15(22)10(16(23)14(9)21)7-29-17(27)12-11(18(12,2)3)5-4-6-28-8-19(24,25)26/h4-5,11-12H,6-8H2,1-3H3/b5-4+/t11-,12+/m1/s1. The number of allylic oxidation sites excluding steroid dienone is 1. The highest BCUT2D eigenvalue weighted by Crippen LogP contribution is 2.59. The maximum Gasteiger partial charge on any atom is 0.411 e. The molecule has 1 aliphatic carbocycles. The van der Waals surface area contributed by atoms with Crippen LogP contribution in [0.5, 0.6) is 0 Å². The van der Waals surface area contributed by atoms with E-state index in [-0.39, 0.29) is 6.61 Å². The van der Waals surface area contributed by atoms with Gasteiger partial charge in [-0.05, 0) is 18.3 Å². The predicted octanol–water partition coefficient (Wildman–Crippen LogP) is 5.00. The quantitative estimate of drug-likeness (QED) is 0.202. The van der Waals surface area contributed by atoms with Crippen molar-refractivity contribution in [1.82, 2.24) is 0 Å². The number of hydrogen-bond acceptors (Lipinski definition) is 3. The van der Waals surface area contributed by atoms with Gasteiger partial charge in [-0.3, -0.25) is 4.79 Å². The fourth-order valence-corrected chi connectivity index (χ4v) is 3.08. The Balaban J connectivity index is 1.96. The van der Waals surface area contributed by atoms with Gasteiger partial charge in [-0.2, -0.15) is 13.2 Å². The number of alkyl halides is 3. The zero-order valence-corrected chi connectivity index (χ0v) is 15.8. The van der Waals surface area contributed by atoms with Gasteiger partial charge in [0.25, 0.3) is 0 Å². The molecule has 0 aromatic heterocycles. The Kier molecular flexibility index (Phi) is 6.66. The van der Waals surface area contributed by atoms with Crippen LogP contribution in [0.3, 0.4) is 0 Å². The maximum absolute atomic E-state index is 13.8. The molecule has 1 aliphatic rings. The van der Waals surface area contributed by atoms with Gasteiger partial charge in [0.1, 0.15) is 13.2 Å². The SMILES string of the molecule is Cc1c(F)c(F)c(COC(=O)[C@@H]2[C@@H](/C=C/COCC(F)(F)F)C2(C)C)c(F)c1F. The highest BCUT2D eigenvalue weighted by molar-refractivity contribution is 5.78. The zero-order valence-electron chi connectivity index (χ0n) is 15.8. The van der Waals surface area contributed by atoms with E-state index in [0.717, 1.165) is 6.92 Å². The van der Waals surface area contributed by atoms with E-state index >= 15 is 0 Å². The van der Waals surface area contributed by atoms with Crippen molar-refractivity contribution in [2.45, 2.75) is 33.6 Å². The molecule has 162 valence electrons. The topological polar surface area (TPSA) is 35.5 Å². The van der Waals surface area contributed by atoms with Crippen molar-refractivity contribution in [3.8, 4) is 0 Å². The summed E-state index contributed by atoms with van der Waals surface area (Å²) >= 11 is 0. The van der Waals surface area contributed by atoms with E-state index in [9.17, 15) is 35.5 Å². The van der Waals surface area contributed by atoms with Crippen LogP contribution >= 0.6 is 0 Å². The Bertz CT molecular complexity index is 786. The lowest BCUT2D eigenvalue weighted by atomic mass is 10.1. The fraction of sp³-hybridized carbons (Fsp3) is 0.526. The van der Waals surface area contributed by atoms with Crippen molar-refractivity contribution in [1.29, 1.82) is 0 Å². The second-order valence-electron chi connectivity index (χ2n) is 7.35. The van der Waals surface area contributed by atoms with Crippen LogP contribution in [-0.2, 0) is 20.9 Å². The molecule has 0 amide bonds. The van der Waals surface area contributed by atoms with Crippen LogP contribution in [0.2, 0.25) is 0 Å². The van der Waals surface area contributed by atoms with E-state index in [0.29, 0.717) is 0 Å². The number of carbonyl (C=O) groups excluding carboxylic acids is 1. The Morgan fingerprint density at radius 2 is 1.62 bits per heavy atom. The third-order valence-corrected chi connectivity index (χ3v) is 4.92. The van der Waals surface area contributed by atoms with E-state index in [1.165, 1.54) is 12.2 Å². The molecule has 0 bridgehead atoms. The minimum absolute atomic E-state index is 0.313. The largest absolute Gasteiger partial charge is 0.460 e. The van der Waals surface area contributed by atoms with Gasteiger partial charge >= 0.3 is 12.1 Å². The number of hydrogen-bond donors (Lipinski definition) is 0. The molecule has 10 heteroatoms. The van der Waals surface area contributed by atoms with Crippen LogP contribution in [0, 0.1) is 47.4 Å². The number of rotatable bonds is 7. The number of halogens is 7. The molecule has 0 unspecified atom stereocenters. The number of benzene rings is 1. The summed E-state index contributed by atoms with van der Waals surface area (Å²) in [7, 11) is 0. The van der Waals surface area contributed by atoms with Crippen molar-refractivity contribution in [2.75, 3.05) is 13.2 Å². The third-order valence-electron chi connectivity index (χ3n) is 4.92. The molecule has 1 fully saturated rings. The van der Waals surface area contributed by atoms with Crippen molar-refractivity contribution in [2.24, 2.45) is 17.3 Å². The zero-order chi connectivity index (χ0) is 22.1. The third kappa shape index (κ3) is 5.09. The normalized spacial score (nSPS) is 20.9. The van der Waals surface area contributed by atoms with Gasteiger partial charge in [0.15, 0.2) is 23.3 Å². The highest BCUT2D eigenvalue weighted by Gasteiger charge is 2.61. The first-order valence-corrected chi connectivity index (χ1v) is 8.58. The van der Waals surface area contributed by atoms with Crippen molar-refractivity contribution < 1.29 is 45.0 Å². The minimum Gasteiger partial charge on any atom is -0.460 e. The average Bonchev–Trinajstić information content (AvgIpc) is 3.17. The van der Waals surface area contributed by atoms with Gasteiger partial charge in [-0.1, -0.05) is 26.0 Å². The molecule has 1 aromatic rings. The molecular weight excluding hydrogens is 409 g/mol. The molecule has 0 radical (unpaired) electrons. The van der Waals surface area contributed by atoms with E-state index in [1.54, 1.807) is 13.8 Å². The van der Waals surface area contributed by atoms with Gasteiger partial charge < -0.3 is 9.47 Å². The van der Waals surface area contributed by atoms with Gasteiger partial charge in [0.2, 0.25) is 0 Å². The van der Waals surface area contributed by atoms with Crippen LogP contribution in [0.25, 0.3) is 0 Å². The molecule has 0 heterocycles. The minimum atomic E-state index is -4.45. The summed E-state index contributed by atoms with van der Waals surface area (Å²) in [4.78, 5) is 12.2. The molecule has 29 heavy (non-hydrogen) atoms. The summed E-state index contributed by atoms with van der Waals surface area (Å²) in [5.74, 6) is -8.38. The highest BCUT2D eigenvalue weighted by atomic mass is 19.4. The summed E-state index contributed by atoms with van der Waals surface area (Å²) in [5.41, 5.74) is -2.47. The van der Waals surface area contributed by atoms with E-state index in [1.807, 2.05) is 0 Å². The number of ether oxygens (including phenoxy) is 2. The lowest BCUT2D eigenvalue weighted by molar-refractivity contribution is -0.171. The van der Waals surface area contributed by atoms with Crippen molar-refractivity contribution >= 4 is 5.97 Å². The fourth-order valence-electron chi connectivity index (χ4n) is 3.08.